The van der Waals surface area contributed by atoms with Crippen molar-refractivity contribution < 1.29 is 9.84 Å². The summed E-state index contributed by atoms with van der Waals surface area (Å²) in [6, 6.07) is 0.161. The fourth-order valence-electron chi connectivity index (χ4n) is 2.11. The average Bonchev–Trinajstić information content (AvgIpc) is 2.87. The van der Waals surface area contributed by atoms with Gasteiger partial charge in [-0.25, -0.2) is 4.98 Å². The van der Waals surface area contributed by atoms with Crippen LogP contribution in [-0.4, -0.2) is 53.9 Å². The Bertz CT molecular complexity index is 362. The Kier molecular flexibility index (Phi) is 5.85. The van der Waals surface area contributed by atoms with E-state index in [0.717, 1.165) is 43.2 Å². The second-order valence-corrected chi connectivity index (χ2v) is 5.63. The first kappa shape index (κ1) is 14.2. The first-order valence-electron chi connectivity index (χ1n) is 6.25. The molecule has 1 aromatic heterocycles. The van der Waals surface area contributed by atoms with Crippen LogP contribution in [0.15, 0.2) is 5.38 Å². The van der Waals surface area contributed by atoms with E-state index in [0.29, 0.717) is 12.5 Å². The van der Waals surface area contributed by atoms with Crippen LogP contribution in [0, 0.1) is 0 Å². The third-order valence-electron chi connectivity index (χ3n) is 3.13. The van der Waals surface area contributed by atoms with E-state index in [1.807, 2.05) is 5.38 Å². The van der Waals surface area contributed by atoms with E-state index in [4.69, 9.17) is 16.3 Å². The van der Waals surface area contributed by atoms with Gasteiger partial charge in [-0.3, -0.25) is 4.90 Å². The Balaban J connectivity index is 1.73. The van der Waals surface area contributed by atoms with Crippen LogP contribution in [0.25, 0.3) is 0 Å². The monoisotopic (exact) mass is 290 g/mol. The molecule has 4 nitrogen and oxygen atoms in total. The van der Waals surface area contributed by atoms with Crippen molar-refractivity contribution in [2.45, 2.75) is 24.8 Å². The van der Waals surface area contributed by atoms with Crippen molar-refractivity contribution in [1.82, 2.24) is 9.88 Å². The largest absolute Gasteiger partial charge is 0.395 e. The lowest BCUT2D eigenvalue weighted by molar-refractivity contribution is -0.0275. The SMILES string of the molecule is OCC1COCCN1CCCc1nc(CCl)cs1. The molecule has 1 aliphatic heterocycles. The molecule has 0 aromatic carbocycles. The number of hydrogen-bond donors (Lipinski definition) is 1. The fraction of sp³-hybridized carbons (Fsp3) is 0.750. The van der Waals surface area contributed by atoms with E-state index in [2.05, 4.69) is 9.88 Å². The topological polar surface area (TPSA) is 45.6 Å². The highest BCUT2D eigenvalue weighted by molar-refractivity contribution is 7.09. The summed E-state index contributed by atoms with van der Waals surface area (Å²) in [6.07, 6.45) is 2.04. The second kappa shape index (κ2) is 7.40. The highest BCUT2D eigenvalue weighted by atomic mass is 35.5. The van der Waals surface area contributed by atoms with Gasteiger partial charge < -0.3 is 9.84 Å². The maximum atomic E-state index is 9.27. The summed E-state index contributed by atoms with van der Waals surface area (Å²) in [5.74, 6) is 0.493. The average molecular weight is 291 g/mol. The van der Waals surface area contributed by atoms with Gasteiger partial charge in [0.1, 0.15) is 0 Å². The second-order valence-electron chi connectivity index (χ2n) is 4.42. The van der Waals surface area contributed by atoms with Crippen LogP contribution in [0.2, 0.25) is 0 Å². The first-order valence-corrected chi connectivity index (χ1v) is 7.66. The van der Waals surface area contributed by atoms with Crippen LogP contribution in [-0.2, 0) is 17.0 Å². The van der Waals surface area contributed by atoms with Crippen molar-refractivity contribution in [1.29, 1.82) is 0 Å². The van der Waals surface area contributed by atoms with Gasteiger partial charge in [-0.2, -0.15) is 0 Å². The molecule has 6 heteroatoms. The number of aromatic nitrogens is 1. The Morgan fingerprint density at radius 2 is 2.50 bits per heavy atom. The molecule has 2 heterocycles. The number of aryl methyl sites for hydroxylation is 1. The minimum atomic E-state index is 0.161. The smallest absolute Gasteiger partial charge is 0.0929 e. The normalized spacial score (nSPS) is 21.3. The third-order valence-corrected chi connectivity index (χ3v) is 4.36. The molecule has 1 aliphatic rings. The lowest BCUT2D eigenvalue weighted by atomic mass is 10.2. The molecule has 0 spiro atoms. The number of alkyl halides is 1. The van der Waals surface area contributed by atoms with Crippen LogP contribution in [0.3, 0.4) is 0 Å². The van der Waals surface area contributed by atoms with Gasteiger partial charge >= 0.3 is 0 Å². The molecule has 0 saturated carbocycles. The lowest BCUT2D eigenvalue weighted by Crippen LogP contribution is -2.47. The molecule has 2 rings (SSSR count). The maximum absolute atomic E-state index is 9.27. The molecule has 0 bridgehead atoms. The highest BCUT2D eigenvalue weighted by Crippen LogP contribution is 2.14. The number of aliphatic hydroxyl groups is 1. The number of halogens is 1. The quantitative estimate of drug-likeness (QED) is 0.807. The minimum absolute atomic E-state index is 0.161. The molecule has 1 saturated heterocycles. The zero-order valence-electron chi connectivity index (χ0n) is 10.3. The maximum Gasteiger partial charge on any atom is 0.0929 e. The number of ether oxygens (including phenoxy) is 1. The molecular formula is C12H19ClN2O2S. The van der Waals surface area contributed by atoms with Crippen molar-refractivity contribution in [3.8, 4) is 0 Å². The number of hydrogen-bond acceptors (Lipinski definition) is 5. The van der Waals surface area contributed by atoms with E-state index in [9.17, 15) is 5.11 Å². The van der Waals surface area contributed by atoms with E-state index in [1.54, 1.807) is 11.3 Å². The molecule has 18 heavy (non-hydrogen) atoms. The van der Waals surface area contributed by atoms with Gasteiger partial charge in [0, 0.05) is 18.3 Å². The summed E-state index contributed by atoms with van der Waals surface area (Å²) in [5.41, 5.74) is 0.969. The van der Waals surface area contributed by atoms with Gasteiger partial charge in [0.05, 0.1) is 42.4 Å². The minimum Gasteiger partial charge on any atom is -0.395 e. The Labute approximate surface area is 117 Å². The summed E-state index contributed by atoms with van der Waals surface area (Å²) in [7, 11) is 0. The van der Waals surface area contributed by atoms with Gasteiger partial charge in [0.25, 0.3) is 0 Å². The van der Waals surface area contributed by atoms with Crippen LogP contribution >= 0.6 is 22.9 Å². The van der Waals surface area contributed by atoms with E-state index in [1.165, 1.54) is 0 Å². The van der Waals surface area contributed by atoms with E-state index >= 15 is 0 Å². The summed E-state index contributed by atoms with van der Waals surface area (Å²) in [5, 5.41) is 12.4. The van der Waals surface area contributed by atoms with Gasteiger partial charge in [-0.05, 0) is 13.0 Å². The molecule has 1 unspecified atom stereocenters. The number of rotatable bonds is 6. The van der Waals surface area contributed by atoms with Crippen LogP contribution in [0.5, 0.6) is 0 Å². The van der Waals surface area contributed by atoms with Gasteiger partial charge in [0.2, 0.25) is 0 Å². The van der Waals surface area contributed by atoms with Gasteiger partial charge in [0.15, 0.2) is 0 Å². The number of nitrogens with zero attached hydrogens (tertiary/aromatic N) is 2. The Morgan fingerprint density at radius 3 is 3.22 bits per heavy atom. The van der Waals surface area contributed by atoms with Crippen LogP contribution in [0.4, 0.5) is 0 Å². The predicted octanol–water partition coefficient (Wildman–Crippen LogP) is 1.51. The molecule has 1 fully saturated rings. The van der Waals surface area contributed by atoms with Gasteiger partial charge in [-0.1, -0.05) is 0 Å². The number of aliphatic hydroxyl groups excluding tert-OH is 1. The molecule has 0 amide bonds. The molecule has 1 atom stereocenters. The summed E-state index contributed by atoms with van der Waals surface area (Å²) >= 11 is 7.41. The zero-order chi connectivity index (χ0) is 12.8. The standard InChI is InChI=1S/C12H19ClN2O2S/c13-6-10-9-18-12(14-10)2-1-3-15-4-5-17-8-11(15)7-16/h9,11,16H,1-8H2. The Morgan fingerprint density at radius 1 is 1.61 bits per heavy atom. The zero-order valence-corrected chi connectivity index (χ0v) is 11.9. The van der Waals surface area contributed by atoms with Crippen molar-refractivity contribution in [2.24, 2.45) is 0 Å². The molecule has 102 valence electrons. The van der Waals surface area contributed by atoms with Crippen molar-refractivity contribution in [2.75, 3.05) is 32.9 Å². The molecule has 0 radical (unpaired) electrons. The van der Waals surface area contributed by atoms with Gasteiger partial charge in [-0.15, -0.1) is 22.9 Å². The Hall–Kier alpha value is -0.200. The predicted molar refractivity (Wildman–Crippen MR) is 73.3 cm³/mol. The number of morpholine rings is 1. The lowest BCUT2D eigenvalue weighted by Gasteiger charge is -2.34. The number of thiazole rings is 1. The van der Waals surface area contributed by atoms with E-state index < -0.39 is 0 Å². The fourth-order valence-corrected chi connectivity index (χ4v) is 3.18. The van der Waals surface area contributed by atoms with Crippen molar-refractivity contribution in [3.63, 3.8) is 0 Å². The van der Waals surface area contributed by atoms with Crippen molar-refractivity contribution in [3.05, 3.63) is 16.1 Å². The summed E-state index contributed by atoms with van der Waals surface area (Å²) in [4.78, 5) is 6.75. The third kappa shape index (κ3) is 3.90. The summed E-state index contributed by atoms with van der Waals surface area (Å²) in [6.45, 7) is 3.49. The van der Waals surface area contributed by atoms with Crippen LogP contribution < -0.4 is 0 Å². The highest BCUT2D eigenvalue weighted by Gasteiger charge is 2.21. The molecule has 0 aliphatic carbocycles. The van der Waals surface area contributed by atoms with Crippen molar-refractivity contribution >= 4 is 22.9 Å². The molecule has 1 aromatic rings. The van der Waals surface area contributed by atoms with E-state index in [-0.39, 0.29) is 12.6 Å². The molecule has 1 N–H and O–H groups in total. The summed E-state index contributed by atoms with van der Waals surface area (Å²) < 4.78 is 5.36. The van der Waals surface area contributed by atoms with Crippen LogP contribution in [0.1, 0.15) is 17.1 Å². The first-order chi connectivity index (χ1) is 8.83. The molecular weight excluding hydrogens is 272 g/mol.